The minimum Gasteiger partial charge on any atom is -0.481 e. The Labute approximate surface area is 192 Å². The second kappa shape index (κ2) is 9.10. The summed E-state index contributed by atoms with van der Waals surface area (Å²) in [7, 11) is 1.32. The fourth-order valence-corrected chi connectivity index (χ4v) is 7.01. The van der Waals surface area contributed by atoms with Crippen LogP contribution in [0.25, 0.3) is 0 Å². The summed E-state index contributed by atoms with van der Waals surface area (Å²) in [5.41, 5.74) is 0.782. The fraction of sp³-hybridized carbons (Fsp3) is 0.438. The smallest absolute Gasteiger partial charge is 0.313 e. The Balaban J connectivity index is 1.42. The summed E-state index contributed by atoms with van der Waals surface area (Å²) < 4.78 is 4.60. The molecule has 4 heterocycles. The highest BCUT2D eigenvalue weighted by molar-refractivity contribution is 8.01. The number of carbonyl (C=O) groups excluding carboxylic acids is 2. The molecule has 11 nitrogen and oxygen atoms in total. The van der Waals surface area contributed by atoms with Crippen molar-refractivity contribution in [3.63, 3.8) is 0 Å². The quantitative estimate of drug-likeness (QED) is 0.229. The molecule has 2 aromatic heterocycles. The van der Waals surface area contributed by atoms with Crippen LogP contribution in [0, 0.1) is 5.41 Å². The SMILES string of the molecule is CON=C(C(=O)NC1C(=O)N2CC(CSc3ncns3)(C(=O)O)CS[C@H]12)c1cscn1. The molecule has 164 valence electrons. The van der Waals surface area contributed by atoms with Gasteiger partial charge >= 0.3 is 5.97 Å². The van der Waals surface area contributed by atoms with Gasteiger partial charge in [-0.25, -0.2) is 9.97 Å². The Morgan fingerprint density at radius 1 is 1.48 bits per heavy atom. The van der Waals surface area contributed by atoms with Crippen LogP contribution in [0.15, 0.2) is 26.7 Å². The van der Waals surface area contributed by atoms with E-state index in [-0.39, 0.29) is 29.3 Å². The molecule has 0 radical (unpaired) electrons. The molecule has 0 aromatic carbocycles. The predicted octanol–water partition coefficient (Wildman–Crippen LogP) is 0.608. The minimum absolute atomic E-state index is 0.0239. The monoisotopic (exact) mass is 500 g/mol. The third-order valence-electron chi connectivity index (χ3n) is 4.77. The van der Waals surface area contributed by atoms with E-state index in [0.29, 0.717) is 15.8 Å². The third-order valence-corrected chi connectivity index (χ3v) is 9.03. The maximum atomic E-state index is 12.7. The molecule has 2 aliphatic rings. The third kappa shape index (κ3) is 4.26. The van der Waals surface area contributed by atoms with Gasteiger partial charge in [-0.1, -0.05) is 16.9 Å². The van der Waals surface area contributed by atoms with Crippen LogP contribution in [0.2, 0.25) is 0 Å². The maximum absolute atomic E-state index is 12.7. The molecule has 0 spiro atoms. The molecule has 0 aliphatic carbocycles. The molecule has 4 rings (SSSR count). The fourth-order valence-electron chi connectivity index (χ4n) is 3.17. The number of nitrogens with zero attached hydrogens (tertiary/aromatic N) is 5. The van der Waals surface area contributed by atoms with Crippen molar-refractivity contribution in [2.75, 3.05) is 25.2 Å². The Morgan fingerprint density at radius 3 is 2.97 bits per heavy atom. The van der Waals surface area contributed by atoms with Gasteiger partial charge in [-0.3, -0.25) is 14.4 Å². The van der Waals surface area contributed by atoms with E-state index in [4.69, 9.17) is 4.84 Å². The van der Waals surface area contributed by atoms with E-state index in [2.05, 4.69) is 24.8 Å². The number of amides is 2. The summed E-state index contributed by atoms with van der Waals surface area (Å²) in [6.45, 7) is 0.0715. The number of β-lactam (4-membered cyclic amide) rings is 1. The topological polar surface area (TPSA) is 147 Å². The normalized spacial score (nSPS) is 25.5. The number of aromatic nitrogens is 3. The summed E-state index contributed by atoms with van der Waals surface area (Å²) in [5.74, 6) is -1.29. The summed E-state index contributed by atoms with van der Waals surface area (Å²) in [5, 5.41) is 17.6. The number of nitrogens with one attached hydrogen (secondary N) is 1. The van der Waals surface area contributed by atoms with Crippen LogP contribution in [-0.4, -0.2) is 84.4 Å². The van der Waals surface area contributed by atoms with Crippen LogP contribution in [-0.2, 0) is 19.2 Å². The van der Waals surface area contributed by atoms with E-state index >= 15 is 0 Å². The first kappa shape index (κ1) is 22.0. The van der Waals surface area contributed by atoms with E-state index in [0.717, 1.165) is 0 Å². The van der Waals surface area contributed by atoms with Crippen LogP contribution in [0.4, 0.5) is 0 Å². The molecule has 2 amide bonds. The standard InChI is InChI=1S/C16H16N6O5S4/c1-27-21-9(8-2-28-7-18-8)11(23)20-10-12(24)22-3-16(14(25)26,4-29-13(10)22)5-30-15-17-6-19-31-15/h2,6-7,10,13H,3-5H2,1H3,(H,20,23)(H,25,26)/t10?,13-,16?/m1/s1. The lowest BCUT2D eigenvalue weighted by molar-refractivity contribution is -0.157. The van der Waals surface area contributed by atoms with Gasteiger partial charge < -0.3 is 20.2 Å². The molecule has 31 heavy (non-hydrogen) atoms. The van der Waals surface area contributed by atoms with Gasteiger partial charge in [-0.05, 0) is 11.5 Å². The Hall–Kier alpha value is -2.23. The average molecular weight is 501 g/mol. The zero-order valence-corrected chi connectivity index (χ0v) is 19.2. The Kier molecular flexibility index (Phi) is 6.45. The van der Waals surface area contributed by atoms with Gasteiger partial charge in [0.15, 0.2) is 10.1 Å². The van der Waals surface area contributed by atoms with Gasteiger partial charge in [0.05, 0.1) is 5.51 Å². The van der Waals surface area contributed by atoms with Gasteiger partial charge in [0.2, 0.25) is 5.91 Å². The van der Waals surface area contributed by atoms with Crippen molar-refractivity contribution < 1.29 is 24.3 Å². The maximum Gasteiger partial charge on any atom is 0.313 e. The molecule has 15 heteroatoms. The average Bonchev–Trinajstić information content (AvgIpc) is 3.48. The number of hydrogen-bond donors (Lipinski definition) is 2. The molecule has 2 fully saturated rings. The lowest BCUT2D eigenvalue weighted by Gasteiger charge is -2.53. The van der Waals surface area contributed by atoms with Crippen molar-refractivity contribution in [3.8, 4) is 0 Å². The molecular formula is C16H16N6O5S4. The van der Waals surface area contributed by atoms with E-state index in [1.165, 1.54) is 64.7 Å². The molecule has 2 unspecified atom stereocenters. The lowest BCUT2D eigenvalue weighted by atomic mass is 9.89. The van der Waals surface area contributed by atoms with Crippen molar-refractivity contribution in [3.05, 3.63) is 22.9 Å². The van der Waals surface area contributed by atoms with Crippen LogP contribution in [0.3, 0.4) is 0 Å². The summed E-state index contributed by atoms with van der Waals surface area (Å²) >= 11 is 5.16. The molecule has 2 saturated heterocycles. The molecule has 3 atom stereocenters. The van der Waals surface area contributed by atoms with Gasteiger partial charge in [0.1, 0.15) is 36.0 Å². The van der Waals surface area contributed by atoms with Gasteiger partial charge in [0, 0.05) is 23.4 Å². The number of rotatable bonds is 8. The number of thiazole rings is 1. The van der Waals surface area contributed by atoms with Crippen LogP contribution >= 0.6 is 46.4 Å². The van der Waals surface area contributed by atoms with E-state index in [9.17, 15) is 19.5 Å². The van der Waals surface area contributed by atoms with Gasteiger partial charge in [-0.15, -0.1) is 23.1 Å². The van der Waals surface area contributed by atoms with E-state index in [1.807, 2.05) is 0 Å². The molecule has 2 N–H and O–H groups in total. The van der Waals surface area contributed by atoms with Crippen molar-refractivity contribution in [1.29, 1.82) is 0 Å². The number of thioether (sulfide) groups is 2. The summed E-state index contributed by atoms with van der Waals surface area (Å²) in [6, 6.07) is -0.763. The van der Waals surface area contributed by atoms with E-state index < -0.39 is 23.3 Å². The summed E-state index contributed by atoms with van der Waals surface area (Å²) in [6.07, 6.45) is 1.42. The number of hydrogen-bond acceptors (Lipinski definition) is 12. The van der Waals surface area contributed by atoms with Crippen LogP contribution in [0.1, 0.15) is 5.69 Å². The van der Waals surface area contributed by atoms with Crippen molar-refractivity contribution in [2.45, 2.75) is 15.8 Å². The molecule has 0 bridgehead atoms. The second-order valence-corrected chi connectivity index (χ2v) is 10.5. The van der Waals surface area contributed by atoms with Crippen LogP contribution in [0.5, 0.6) is 0 Å². The number of oxime groups is 1. The Morgan fingerprint density at radius 2 is 2.32 bits per heavy atom. The number of aliphatic carboxylic acids is 1. The first-order valence-electron chi connectivity index (χ1n) is 8.81. The number of carbonyl (C=O) groups is 3. The van der Waals surface area contributed by atoms with Gasteiger partial charge in [0.25, 0.3) is 5.91 Å². The zero-order valence-electron chi connectivity index (χ0n) is 16.0. The van der Waals surface area contributed by atoms with Crippen molar-refractivity contribution in [2.24, 2.45) is 10.6 Å². The van der Waals surface area contributed by atoms with Crippen molar-refractivity contribution >= 4 is 69.9 Å². The van der Waals surface area contributed by atoms with E-state index in [1.54, 1.807) is 10.9 Å². The number of carboxylic acids is 1. The number of fused-ring (bicyclic) bond motifs is 1. The second-order valence-electron chi connectivity index (χ2n) is 6.70. The van der Waals surface area contributed by atoms with Crippen molar-refractivity contribution in [1.82, 2.24) is 24.6 Å². The highest BCUT2D eigenvalue weighted by atomic mass is 32.2. The minimum atomic E-state index is -1.11. The zero-order chi connectivity index (χ0) is 22.0. The van der Waals surface area contributed by atoms with Crippen LogP contribution < -0.4 is 5.32 Å². The Bertz CT molecular complexity index is 1000. The first-order chi connectivity index (χ1) is 14.9. The predicted molar refractivity (Wildman–Crippen MR) is 116 cm³/mol. The highest BCUT2D eigenvalue weighted by Gasteiger charge is 2.57. The molecular weight excluding hydrogens is 484 g/mol. The summed E-state index contributed by atoms with van der Waals surface area (Å²) in [4.78, 5) is 51.9. The highest BCUT2D eigenvalue weighted by Crippen LogP contribution is 2.44. The largest absolute Gasteiger partial charge is 0.481 e. The number of carboxylic acid groups (broad SMARTS) is 1. The molecule has 0 saturated carbocycles. The lowest BCUT2D eigenvalue weighted by Crippen LogP contribution is -2.74. The van der Waals surface area contributed by atoms with Gasteiger partial charge in [-0.2, -0.15) is 4.37 Å². The first-order valence-corrected chi connectivity index (χ1v) is 12.6. The molecule has 2 aromatic rings. The molecule has 2 aliphatic heterocycles.